The summed E-state index contributed by atoms with van der Waals surface area (Å²) in [5.41, 5.74) is 3.07. The molecule has 1 N–H and O–H groups in total. The maximum Gasteiger partial charge on any atom is 0.174 e. The number of rotatable bonds is 1. The van der Waals surface area contributed by atoms with Gasteiger partial charge < -0.3 is 14.8 Å². The van der Waals surface area contributed by atoms with Crippen LogP contribution in [0.3, 0.4) is 0 Å². The summed E-state index contributed by atoms with van der Waals surface area (Å²) in [4.78, 5) is 2.72. The molecule has 5 rings (SSSR count). The first kappa shape index (κ1) is 14.3. The molecule has 4 heteroatoms. The summed E-state index contributed by atoms with van der Waals surface area (Å²) in [5, 5.41) is 3.68. The normalized spacial score (nSPS) is 38.0. The Labute approximate surface area is 138 Å². The molecule has 3 saturated heterocycles. The van der Waals surface area contributed by atoms with Crippen molar-refractivity contribution in [3.63, 3.8) is 0 Å². The van der Waals surface area contributed by atoms with Crippen LogP contribution in [0.15, 0.2) is 24.3 Å². The molecule has 2 spiro atoms. The number of hydrogen-bond donors (Lipinski definition) is 1. The molecule has 4 heterocycles. The van der Waals surface area contributed by atoms with Gasteiger partial charge in [-0.15, -0.1) is 0 Å². The third-order valence-electron chi connectivity index (χ3n) is 6.77. The highest BCUT2D eigenvalue weighted by molar-refractivity contribution is 5.61. The third kappa shape index (κ3) is 1.77. The maximum absolute atomic E-state index is 6.21. The zero-order valence-corrected chi connectivity index (χ0v) is 13.9. The van der Waals surface area contributed by atoms with Gasteiger partial charge in [0.2, 0.25) is 0 Å². The van der Waals surface area contributed by atoms with Crippen LogP contribution >= 0.6 is 0 Å². The van der Waals surface area contributed by atoms with Crippen LogP contribution in [0.1, 0.15) is 31.7 Å². The highest BCUT2D eigenvalue weighted by atomic mass is 16.7. The molecule has 1 aromatic carbocycles. The lowest BCUT2D eigenvalue weighted by molar-refractivity contribution is -0.236. The fourth-order valence-corrected chi connectivity index (χ4v) is 5.87. The summed E-state index contributed by atoms with van der Waals surface area (Å²) in [6, 6.07) is 9.42. The van der Waals surface area contributed by atoms with Gasteiger partial charge in [-0.1, -0.05) is 25.1 Å². The number of nitrogens with one attached hydrogen (secondary N) is 1. The molecule has 23 heavy (non-hydrogen) atoms. The molecule has 0 amide bonds. The summed E-state index contributed by atoms with van der Waals surface area (Å²) >= 11 is 0. The third-order valence-corrected chi connectivity index (χ3v) is 6.77. The molecule has 0 bridgehead atoms. The highest BCUT2D eigenvalue weighted by Crippen LogP contribution is 2.55. The number of ether oxygens (including phenoxy) is 2. The van der Waals surface area contributed by atoms with Crippen LogP contribution in [-0.4, -0.2) is 49.6 Å². The van der Waals surface area contributed by atoms with E-state index >= 15 is 0 Å². The molecule has 3 atom stereocenters. The molecule has 0 unspecified atom stereocenters. The lowest BCUT2D eigenvalue weighted by Crippen LogP contribution is -2.61. The summed E-state index contributed by atoms with van der Waals surface area (Å²) < 4.78 is 12.4. The molecule has 1 aromatic rings. The zero-order chi connectivity index (χ0) is 15.5. The quantitative estimate of drug-likeness (QED) is 0.864. The van der Waals surface area contributed by atoms with Gasteiger partial charge in [0.1, 0.15) is 0 Å². The topological polar surface area (TPSA) is 33.7 Å². The van der Waals surface area contributed by atoms with Gasteiger partial charge in [0.25, 0.3) is 0 Å². The van der Waals surface area contributed by atoms with Gasteiger partial charge in [0, 0.05) is 42.6 Å². The Kier molecular flexibility index (Phi) is 3.07. The van der Waals surface area contributed by atoms with Crippen LogP contribution in [0, 0.1) is 5.92 Å². The molecule has 0 aliphatic carbocycles. The monoisotopic (exact) mass is 314 g/mol. The van der Waals surface area contributed by atoms with E-state index in [-0.39, 0.29) is 11.2 Å². The van der Waals surface area contributed by atoms with Crippen molar-refractivity contribution in [2.24, 2.45) is 5.92 Å². The van der Waals surface area contributed by atoms with Crippen LogP contribution in [0.25, 0.3) is 0 Å². The van der Waals surface area contributed by atoms with Crippen molar-refractivity contribution >= 4 is 5.69 Å². The van der Waals surface area contributed by atoms with Gasteiger partial charge in [-0.3, -0.25) is 4.90 Å². The largest absolute Gasteiger partial charge is 0.384 e. The minimum absolute atomic E-state index is 0.222. The van der Waals surface area contributed by atoms with Gasteiger partial charge in [-0.05, 0) is 31.0 Å². The van der Waals surface area contributed by atoms with Gasteiger partial charge in [-0.25, -0.2) is 0 Å². The summed E-state index contributed by atoms with van der Waals surface area (Å²) in [6.07, 6.45) is 3.38. The Bertz CT molecular complexity index is 613. The maximum atomic E-state index is 6.21. The first-order valence-corrected chi connectivity index (χ1v) is 9.14. The Morgan fingerprint density at radius 2 is 1.96 bits per heavy atom. The second kappa shape index (κ2) is 4.95. The van der Waals surface area contributed by atoms with Crippen LogP contribution in [0.4, 0.5) is 5.69 Å². The van der Waals surface area contributed by atoms with Crippen molar-refractivity contribution < 1.29 is 9.47 Å². The average molecular weight is 314 g/mol. The van der Waals surface area contributed by atoms with Gasteiger partial charge in [-0.2, -0.15) is 0 Å². The summed E-state index contributed by atoms with van der Waals surface area (Å²) in [7, 11) is 0. The molecular formula is C19H26N2O2. The standard InChI is InChI=1S/C19H26N2O2/c1-2-14-17-18(13-20-16-6-4-3-5-15(16)18)7-9-21(17)10-8-19(14)22-11-12-23-19/h3-6,14,17,20H,2,7-13H2,1H3/t14-,17+,18-/m1/s1. The van der Waals surface area contributed by atoms with Crippen LogP contribution < -0.4 is 5.32 Å². The van der Waals surface area contributed by atoms with E-state index in [4.69, 9.17) is 9.47 Å². The predicted molar refractivity (Wildman–Crippen MR) is 89.6 cm³/mol. The van der Waals surface area contributed by atoms with E-state index in [0.717, 1.165) is 39.1 Å². The number of nitrogens with zero attached hydrogens (tertiary/aromatic N) is 1. The molecule has 4 nitrogen and oxygen atoms in total. The Balaban J connectivity index is 1.60. The Hall–Kier alpha value is -1.10. The van der Waals surface area contributed by atoms with Crippen molar-refractivity contribution in [1.82, 2.24) is 4.90 Å². The number of piperidine rings is 1. The van der Waals surface area contributed by atoms with Crippen molar-refractivity contribution in [1.29, 1.82) is 0 Å². The van der Waals surface area contributed by atoms with E-state index < -0.39 is 0 Å². The predicted octanol–water partition coefficient (Wildman–Crippen LogP) is 2.60. The Morgan fingerprint density at radius 1 is 1.17 bits per heavy atom. The van der Waals surface area contributed by atoms with Gasteiger partial charge >= 0.3 is 0 Å². The molecule has 0 aromatic heterocycles. The first-order chi connectivity index (χ1) is 11.3. The molecule has 4 aliphatic rings. The second-order valence-corrected chi connectivity index (χ2v) is 7.56. The summed E-state index contributed by atoms with van der Waals surface area (Å²) in [6.45, 7) is 7.18. The number of anilines is 1. The van der Waals surface area contributed by atoms with Crippen LogP contribution in [-0.2, 0) is 14.9 Å². The zero-order valence-electron chi connectivity index (χ0n) is 13.9. The second-order valence-electron chi connectivity index (χ2n) is 7.56. The van der Waals surface area contributed by atoms with E-state index in [2.05, 4.69) is 41.4 Å². The highest BCUT2D eigenvalue weighted by Gasteiger charge is 2.62. The fourth-order valence-electron chi connectivity index (χ4n) is 5.87. The number of para-hydroxylation sites is 1. The van der Waals surface area contributed by atoms with Crippen molar-refractivity contribution in [2.45, 2.75) is 43.4 Å². The van der Waals surface area contributed by atoms with E-state index in [9.17, 15) is 0 Å². The molecule has 124 valence electrons. The first-order valence-electron chi connectivity index (χ1n) is 9.14. The molecule has 0 saturated carbocycles. The molecular weight excluding hydrogens is 288 g/mol. The van der Waals surface area contributed by atoms with Crippen molar-refractivity contribution in [3.8, 4) is 0 Å². The summed E-state index contributed by atoms with van der Waals surface area (Å²) in [5.74, 6) is 0.124. The van der Waals surface area contributed by atoms with Crippen molar-refractivity contribution in [3.05, 3.63) is 29.8 Å². The number of fused-ring (bicyclic) bond motifs is 4. The van der Waals surface area contributed by atoms with E-state index in [1.54, 1.807) is 0 Å². The number of hydrogen-bond acceptors (Lipinski definition) is 4. The minimum atomic E-state index is -0.329. The van der Waals surface area contributed by atoms with Gasteiger partial charge in [0.05, 0.1) is 13.2 Å². The fraction of sp³-hybridized carbons (Fsp3) is 0.684. The molecule has 0 radical (unpaired) electrons. The van der Waals surface area contributed by atoms with Crippen LogP contribution in [0.5, 0.6) is 0 Å². The van der Waals surface area contributed by atoms with E-state index in [1.165, 1.54) is 24.2 Å². The Morgan fingerprint density at radius 3 is 2.78 bits per heavy atom. The molecule has 4 aliphatic heterocycles. The molecule has 3 fully saturated rings. The lowest BCUT2D eigenvalue weighted by Gasteiger charge is -2.51. The lowest BCUT2D eigenvalue weighted by atomic mass is 9.66. The minimum Gasteiger partial charge on any atom is -0.384 e. The van der Waals surface area contributed by atoms with Gasteiger partial charge in [0.15, 0.2) is 5.79 Å². The number of benzene rings is 1. The smallest absolute Gasteiger partial charge is 0.174 e. The van der Waals surface area contributed by atoms with Crippen molar-refractivity contribution in [2.75, 3.05) is 38.2 Å². The van der Waals surface area contributed by atoms with E-state index in [0.29, 0.717) is 12.0 Å². The van der Waals surface area contributed by atoms with Crippen LogP contribution in [0.2, 0.25) is 0 Å². The SMILES string of the molecule is CC[C@@H]1[C@@H]2N(CCC13OCCO3)CC[C@]21CNc2ccccc21. The van der Waals surface area contributed by atoms with E-state index in [1.807, 2.05) is 0 Å². The average Bonchev–Trinajstić information content (AvgIpc) is 3.29.